The van der Waals surface area contributed by atoms with Crippen molar-refractivity contribution in [3.63, 3.8) is 0 Å². The van der Waals surface area contributed by atoms with Crippen molar-refractivity contribution in [1.82, 2.24) is 19.9 Å². The number of aromatic amines is 2. The second-order valence-corrected chi connectivity index (χ2v) is 18.4. The van der Waals surface area contributed by atoms with E-state index in [0.29, 0.717) is 17.8 Å². The van der Waals surface area contributed by atoms with Crippen LogP contribution < -0.4 is 17.5 Å². The third kappa shape index (κ3) is 14.3. The maximum Gasteiger partial charge on any atom is 2.00 e. The number of fused-ring (bicyclic) bond motifs is 8. The minimum atomic E-state index is -1.12. The molecule has 0 aliphatic carbocycles. The molecule has 2 N–H and O–H groups in total. The first-order chi connectivity index (χ1) is 29.6. The first-order valence-corrected chi connectivity index (χ1v) is 23.0. The number of allylic oxidation sites excluding steroid dienone is 5. The van der Waals surface area contributed by atoms with Crippen molar-refractivity contribution < 1.29 is 48.9 Å². The summed E-state index contributed by atoms with van der Waals surface area (Å²) in [5.74, 6) is 0.972. The summed E-state index contributed by atoms with van der Waals surface area (Å²) < 4.78 is 5.74. The van der Waals surface area contributed by atoms with E-state index in [-0.39, 0.29) is 61.3 Å². The molecule has 0 spiro atoms. The summed E-state index contributed by atoms with van der Waals surface area (Å²) in [6, 6.07) is 8.07. The van der Waals surface area contributed by atoms with Gasteiger partial charge in [0.1, 0.15) is 6.61 Å². The first-order valence-electron chi connectivity index (χ1n) is 23.0. The van der Waals surface area contributed by atoms with Gasteiger partial charge in [-0.1, -0.05) is 104 Å². The van der Waals surface area contributed by atoms with Gasteiger partial charge in [-0.25, -0.2) is 9.97 Å². The van der Waals surface area contributed by atoms with Gasteiger partial charge in [-0.3, -0.25) is 4.79 Å². The number of carboxylic acids is 1. The SMILES string of the molecule is C=Cc1c(C)c2cc3[nH]c(cc4nc(cc5nc(cc1[nH]2)C(C)=C5CCC(=O)[O-])C(CCC(=O)OC/C=C(\C)CCC[C@H](C)CCC[C@H](C)CCCC(C)C)=C4C)c(C)c3C=C.[Cl-].[Fe+2]. The second-order valence-electron chi connectivity index (χ2n) is 18.4. The molecule has 8 nitrogen and oxygen atoms in total. The first kappa shape index (κ1) is 53.9. The van der Waals surface area contributed by atoms with Gasteiger partial charge >= 0.3 is 23.0 Å². The fraction of sp³-hybridized carbons (Fsp3) is 0.481. The number of aryl methyl sites for hydroxylation is 2. The molecule has 10 heteroatoms. The van der Waals surface area contributed by atoms with Crippen LogP contribution in [0.15, 0.2) is 49.1 Å². The molecule has 0 fully saturated rings. The summed E-state index contributed by atoms with van der Waals surface area (Å²) in [6.45, 7) is 28.2. The molecule has 5 rings (SSSR count). The van der Waals surface area contributed by atoms with Gasteiger partial charge < -0.3 is 37.0 Å². The zero-order chi connectivity index (χ0) is 45.1. The molecule has 5 heterocycles. The molecule has 2 aliphatic heterocycles. The Morgan fingerprint density at radius 2 is 1.14 bits per heavy atom. The minimum absolute atomic E-state index is 0. The van der Waals surface area contributed by atoms with E-state index in [1.54, 1.807) is 0 Å². The number of aromatic nitrogens is 4. The van der Waals surface area contributed by atoms with Gasteiger partial charge in [-0.05, 0) is 148 Å². The van der Waals surface area contributed by atoms with Crippen molar-refractivity contribution in [1.29, 1.82) is 0 Å². The molecular formula is C54H71ClFeN4O4. The number of nitrogens with one attached hydrogen (secondary N) is 2. The van der Waals surface area contributed by atoms with Crippen LogP contribution in [0, 0.1) is 31.6 Å². The van der Waals surface area contributed by atoms with Crippen LogP contribution in [0.4, 0.5) is 0 Å². The molecule has 3 aromatic rings. The average molecular weight is 931 g/mol. The Bertz CT molecular complexity index is 2420. The third-order valence-electron chi connectivity index (χ3n) is 13.0. The van der Waals surface area contributed by atoms with E-state index >= 15 is 0 Å². The standard InChI is InChI=1S/C54H72N4O4.ClH.Fe/c1-12-41-37(8)45-29-46-40(11)44(24-26-54(61)62-28-27-36(7)22-16-21-35(6)20-15-19-34(5)18-14-17-33(3)4)52(57-46)32-51-43(23-25-53(59)60)39(10)48(58-51)31-50-42(13-2)38(9)47(56-50)30-49(41)55-45;;/h12-13,27,29-35,55-56H,1-2,14-26,28H2,3-11H3,(H,59,60);1H;/q;;+2/p-2/b36-27+,45-29?,46-29?,47-30?,48-31?,49-30?,50-31?,51-32?,52-32?;;/t34-,35-;;/m1../s1. The van der Waals surface area contributed by atoms with E-state index in [1.807, 2.05) is 50.3 Å². The van der Waals surface area contributed by atoms with Gasteiger partial charge in [0.05, 0.1) is 22.8 Å². The summed E-state index contributed by atoms with van der Waals surface area (Å²) in [5, 5.41) is 11.7. The van der Waals surface area contributed by atoms with Crippen LogP contribution >= 0.6 is 0 Å². The van der Waals surface area contributed by atoms with Gasteiger partial charge in [0.2, 0.25) is 0 Å². The Kier molecular flexibility index (Phi) is 21.3. The molecule has 8 bridgehead atoms. The van der Waals surface area contributed by atoms with Crippen LogP contribution in [0.3, 0.4) is 0 Å². The van der Waals surface area contributed by atoms with Crippen molar-refractivity contribution >= 4 is 68.4 Å². The summed E-state index contributed by atoms with van der Waals surface area (Å²) in [4.78, 5) is 42.3. The number of aliphatic carboxylic acids is 1. The Balaban J connectivity index is 0.00000544. The summed E-state index contributed by atoms with van der Waals surface area (Å²) in [5.41, 5.74) is 15.3. The monoisotopic (exact) mass is 930 g/mol. The number of hydrogen-bond acceptors (Lipinski definition) is 6. The number of ether oxygens (including phenoxy) is 1. The van der Waals surface area contributed by atoms with E-state index in [1.165, 1.54) is 50.5 Å². The van der Waals surface area contributed by atoms with Crippen molar-refractivity contribution in [2.24, 2.45) is 17.8 Å². The van der Waals surface area contributed by atoms with E-state index in [9.17, 15) is 14.7 Å². The molecule has 64 heavy (non-hydrogen) atoms. The quantitative estimate of drug-likeness (QED) is 0.0588. The van der Waals surface area contributed by atoms with Gasteiger partial charge in [0.25, 0.3) is 0 Å². The number of carboxylic acid groups (broad SMARTS) is 1. The number of halogens is 1. The smallest absolute Gasteiger partial charge is 1.00 e. The number of hydrogen-bond donors (Lipinski definition) is 2. The summed E-state index contributed by atoms with van der Waals surface area (Å²) in [7, 11) is 0. The molecule has 0 aromatic carbocycles. The molecule has 2 aliphatic rings. The van der Waals surface area contributed by atoms with Gasteiger partial charge in [-0.15, -0.1) is 0 Å². The number of rotatable bonds is 22. The maximum absolute atomic E-state index is 13.2. The number of carbonyl (C=O) groups excluding carboxylic acids is 2. The van der Waals surface area contributed by atoms with Crippen LogP contribution in [0.25, 0.3) is 56.5 Å². The average Bonchev–Trinajstić information content (AvgIpc) is 3.88. The Labute approximate surface area is 399 Å². The molecule has 3 aromatic heterocycles. The van der Waals surface area contributed by atoms with Crippen molar-refractivity contribution in [2.45, 2.75) is 146 Å². The molecule has 0 saturated heterocycles. The van der Waals surface area contributed by atoms with Gasteiger partial charge in [-0.2, -0.15) is 0 Å². The van der Waals surface area contributed by atoms with Crippen LogP contribution in [0.5, 0.6) is 0 Å². The van der Waals surface area contributed by atoms with E-state index < -0.39 is 5.97 Å². The number of nitrogens with zero attached hydrogens (tertiary/aromatic N) is 2. The minimum Gasteiger partial charge on any atom is -1.00 e. The number of H-pyrrole nitrogens is 2. The molecule has 0 amide bonds. The molecule has 0 radical (unpaired) electrons. The maximum atomic E-state index is 13.2. The number of esters is 1. The molecule has 346 valence electrons. The fourth-order valence-corrected chi connectivity index (χ4v) is 8.92. The largest absolute Gasteiger partial charge is 2.00 e. The van der Waals surface area contributed by atoms with E-state index in [0.717, 1.165) is 109 Å². The van der Waals surface area contributed by atoms with Crippen LogP contribution in [0.1, 0.15) is 177 Å². The normalized spacial score (nSPS) is 13.7. The Morgan fingerprint density at radius 3 is 1.66 bits per heavy atom. The predicted octanol–water partition coefficient (Wildman–Crippen LogP) is 10.3. The Hall–Kier alpha value is -4.43. The van der Waals surface area contributed by atoms with E-state index in [4.69, 9.17) is 14.7 Å². The topological polar surface area (TPSA) is 124 Å². The third-order valence-corrected chi connectivity index (χ3v) is 13.0. The predicted molar refractivity (Wildman–Crippen MR) is 259 cm³/mol. The summed E-state index contributed by atoms with van der Waals surface area (Å²) in [6.07, 6.45) is 17.9. The van der Waals surface area contributed by atoms with Crippen LogP contribution in [-0.2, 0) is 31.4 Å². The zero-order valence-electron chi connectivity index (χ0n) is 39.8. The fourth-order valence-electron chi connectivity index (χ4n) is 8.92. The van der Waals surface area contributed by atoms with Gasteiger partial charge in [0.15, 0.2) is 0 Å². The molecule has 0 unspecified atom stereocenters. The molecular weight excluding hydrogens is 860 g/mol. The van der Waals surface area contributed by atoms with Crippen molar-refractivity contribution in [3.05, 3.63) is 94.1 Å². The zero-order valence-corrected chi connectivity index (χ0v) is 41.7. The van der Waals surface area contributed by atoms with Crippen LogP contribution in [-0.4, -0.2) is 38.5 Å². The number of carbonyl (C=O) groups is 2. The Morgan fingerprint density at radius 1 is 0.672 bits per heavy atom. The van der Waals surface area contributed by atoms with Crippen molar-refractivity contribution in [3.8, 4) is 0 Å². The molecule has 2 atom stereocenters. The van der Waals surface area contributed by atoms with Crippen molar-refractivity contribution in [2.75, 3.05) is 6.61 Å². The van der Waals surface area contributed by atoms with Crippen LogP contribution in [0.2, 0.25) is 0 Å². The summed E-state index contributed by atoms with van der Waals surface area (Å²) >= 11 is 0. The molecule has 0 saturated carbocycles. The van der Waals surface area contributed by atoms with E-state index in [2.05, 4.69) is 77.7 Å². The van der Waals surface area contributed by atoms with Gasteiger partial charge in [0, 0.05) is 45.6 Å². The second kappa shape index (κ2) is 25.3.